The van der Waals surface area contributed by atoms with E-state index < -0.39 is 0 Å². The number of imidazole rings is 1. The lowest BCUT2D eigenvalue weighted by Gasteiger charge is -2.12. The predicted molar refractivity (Wildman–Crippen MR) is 56.4 cm³/mol. The lowest BCUT2D eigenvalue weighted by atomic mass is 10.3. The van der Waals surface area contributed by atoms with Crippen molar-refractivity contribution in [3.63, 3.8) is 0 Å². The van der Waals surface area contributed by atoms with Gasteiger partial charge in [-0.05, 0) is 19.1 Å². The molecular weight excluding hydrogens is 192 g/mol. The summed E-state index contributed by atoms with van der Waals surface area (Å²) in [7, 11) is 0. The van der Waals surface area contributed by atoms with E-state index in [9.17, 15) is 4.79 Å². The van der Waals surface area contributed by atoms with Gasteiger partial charge in [-0.25, -0.2) is 4.98 Å². The van der Waals surface area contributed by atoms with Gasteiger partial charge in [-0.15, -0.1) is 0 Å². The molecule has 1 atom stereocenters. The minimum atomic E-state index is -0.245. The Morgan fingerprint density at radius 2 is 2.27 bits per heavy atom. The average Bonchev–Trinajstić information content (AvgIpc) is 2.88. The molecule has 2 aromatic heterocycles. The predicted octanol–water partition coefficient (Wildman–Crippen LogP) is 1.41. The molecule has 0 spiro atoms. The standard InChI is InChI=1S/C10H12N4O/c1-8(14-6-2-3-7-14)9(15)13-10-11-4-5-12-10/h2-8H,1H3,(H2,11,12,13,15)/t8-/m0/s1. The minimum absolute atomic E-state index is 0.0962. The second kappa shape index (κ2) is 4.00. The molecule has 5 heteroatoms. The van der Waals surface area contributed by atoms with Crippen molar-refractivity contribution >= 4 is 11.9 Å². The molecule has 78 valence electrons. The summed E-state index contributed by atoms with van der Waals surface area (Å²) in [5.41, 5.74) is 0. The van der Waals surface area contributed by atoms with Gasteiger partial charge >= 0.3 is 0 Å². The minimum Gasteiger partial charge on any atom is -0.342 e. The number of rotatable bonds is 3. The fourth-order valence-electron chi connectivity index (χ4n) is 1.30. The van der Waals surface area contributed by atoms with E-state index in [-0.39, 0.29) is 11.9 Å². The van der Waals surface area contributed by atoms with Crippen molar-refractivity contribution in [3.8, 4) is 0 Å². The molecule has 0 aliphatic rings. The summed E-state index contributed by atoms with van der Waals surface area (Å²) < 4.78 is 1.83. The second-order valence-electron chi connectivity index (χ2n) is 3.23. The quantitative estimate of drug-likeness (QED) is 0.794. The van der Waals surface area contributed by atoms with E-state index in [1.54, 1.807) is 12.4 Å². The fraction of sp³-hybridized carbons (Fsp3) is 0.200. The van der Waals surface area contributed by atoms with Crippen LogP contribution in [0.3, 0.4) is 0 Å². The van der Waals surface area contributed by atoms with Crippen LogP contribution in [-0.2, 0) is 4.79 Å². The smallest absolute Gasteiger partial charge is 0.249 e. The van der Waals surface area contributed by atoms with Gasteiger partial charge in [0, 0.05) is 24.8 Å². The highest BCUT2D eigenvalue weighted by Crippen LogP contribution is 2.08. The Kier molecular flexibility index (Phi) is 2.53. The van der Waals surface area contributed by atoms with Crippen LogP contribution in [-0.4, -0.2) is 20.4 Å². The monoisotopic (exact) mass is 204 g/mol. The van der Waals surface area contributed by atoms with Crippen LogP contribution in [0.15, 0.2) is 36.9 Å². The molecule has 0 aliphatic carbocycles. The molecule has 0 saturated carbocycles. The number of carbonyl (C=O) groups excluding carboxylic acids is 1. The zero-order valence-electron chi connectivity index (χ0n) is 8.34. The van der Waals surface area contributed by atoms with E-state index in [4.69, 9.17) is 0 Å². The Labute approximate surface area is 87.1 Å². The number of anilines is 1. The van der Waals surface area contributed by atoms with Gasteiger partial charge in [-0.3, -0.25) is 10.1 Å². The highest BCUT2D eigenvalue weighted by Gasteiger charge is 2.14. The highest BCUT2D eigenvalue weighted by molar-refractivity contribution is 5.91. The van der Waals surface area contributed by atoms with Gasteiger partial charge in [0.25, 0.3) is 0 Å². The summed E-state index contributed by atoms with van der Waals surface area (Å²) in [6.45, 7) is 1.83. The number of hydrogen-bond donors (Lipinski definition) is 2. The number of aromatic amines is 1. The molecule has 0 aromatic carbocycles. The SMILES string of the molecule is C[C@@H](C(=O)Nc1ncc[nH]1)n1cccc1. The van der Waals surface area contributed by atoms with E-state index >= 15 is 0 Å². The molecule has 0 radical (unpaired) electrons. The Balaban J connectivity index is 2.03. The van der Waals surface area contributed by atoms with Crippen LogP contribution >= 0.6 is 0 Å². The Morgan fingerprint density at radius 3 is 2.87 bits per heavy atom. The molecule has 0 saturated heterocycles. The summed E-state index contributed by atoms with van der Waals surface area (Å²) in [6, 6.07) is 3.53. The van der Waals surface area contributed by atoms with Gasteiger partial charge < -0.3 is 9.55 Å². The van der Waals surface area contributed by atoms with Gasteiger partial charge in [0.15, 0.2) is 0 Å². The summed E-state index contributed by atoms with van der Waals surface area (Å²) in [6.07, 6.45) is 6.96. The molecule has 0 unspecified atom stereocenters. The third-order valence-electron chi connectivity index (χ3n) is 2.19. The van der Waals surface area contributed by atoms with E-state index in [1.807, 2.05) is 36.0 Å². The van der Waals surface area contributed by atoms with Crippen LogP contribution in [0.2, 0.25) is 0 Å². The maximum atomic E-state index is 11.7. The van der Waals surface area contributed by atoms with Crippen LogP contribution in [0.25, 0.3) is 0 Å². The molecule has 1 amide bonds. The van der Waals surface area contributed by atoms with Crippen molar-refractivity contribution in [3.05, 3.63) is 36.9 Å². The number of nitrogens with one attached hydrogen (secondary N) is 2. The second-order valence-corrected chi connectivity index (χ2v) is 3.23. The van der Waals surface area contributed by atoms with Crippen molar-refractivity contribution in [2.75, 3.05) is 5.32 Å². The summed E-state index contributed by atoms with van der Waals surface area (Å²) >= 11 is 0. The van der Waals surface area contributed by atoms with Gasteiger partial charge in [0.2, 0.25) is 11.9 Å². The molecule has 0 aliphatic heterocycles. The van der Waals surface area contributed by atoms with Crippen LogP contribution in [0.5, 0.6) is 0 Å². The number of aromatic nitrogens is 3. The van der Waals surface area contributed by atoms with E-state index in [0.29, 0.717) is 5.95 Å². The van der Waals surface area contributed by atoms with Gasteiger partial charge in [0.05, 0.1) is 0 Å². The number of nitrogens with zero attached hydrogens (tertiary/aromatic N) is 2. The number of amides is 1. The molecule has 2 N–H and O–H groups in total. The molecular formula is C10H12N4O. The van der Waals surface area contributed by atoms with Crippen LogP contribution in [0.4, 0.5) is 5.95 Å². The first-order chi connectivity index (χ1) is 7.27. The number of H-pyrrole nitrogens is 1. The summed E-state index contributed by atoms with van der Waals surface area (Å²) in [5, 5.41) is 2.68. The molecule has 2 heterocycles. The van der Waals surface area contributed by atoms with E-state index in [2.05, 4.69) is 15.3 Å². The van der Waals surface area contributed by atoms with Gasteiger partial charge in [-0.1, -0.05) is 0 Å². The molecule has 0 fully saturated rings. The Hall–Kier alpha value is -2.04. The van der Waals surface area contributed by atoms with Gasteiger partial charge in [-0.2, -0.15) is 0 Å². The third-order valence-corrected chi connectivity index (χ3v) is 2.19. The third kappa shape index (κ3) is 2.07. The Bertz CT molecular complexity index is 418. The van der Waals surface area contributed by atoms with Crippen LogP contribution in [0, 0.1) is 0 Å². The van der Waals surface area contributed by atoms with E-state index in [1.165, 1.54) is 0 Å². The topological polar surface area (TPSA) is 62.7 Å². The maximum Gasteiger partial charge on any atom is 0.249 e. The first kappa shape index (κ1) is 9.51. The summed E-state index contributed by atoms with van der Waals surface area (Å²) in [4.78, 5) is 18.5. The first-order valence-electron chi connectivity index (χ1n) is 4.70. The highest BCUT2D eigenvalue weighted by atomic mass is 16.2. The Morgan fingerprint density at radius 1 is 1.53 bits per heavy atom. The first-order valence-corrected chi connectivity index (χ1v) is 4.70. The lowest BCUT2D eigenvalue weighted by molar-refractivity contribution is -0.118. The fourth-order valence-corrected chi connectivity index (χ4v) is 1.30. The van der Waals surface area contributed by atoms with Crippen molar-refractivity contribution in [1.82, 2.24) is 14.5 Å². The van der Waals surface area contributed by atoms with Crippen molar-refractivity contribution < 1.29 is 4.79 Å². The van der Waals surface area contributed by atoms with Crippen molar-refractivity contribution in [1.29, 1.82) is 0 Å². The molecule has 5 nitrogen and oxygen atoms in total. The van der Waals surface area contributed by atoms with Crippen molar-refractivity contribution in [2.45, 2.75) is 13.0 Å². The van der Waals surface area contributed by atoms with Crippen LogP contribution < -0.4 is 5.32 Å². The lowest BCUT2D eigenvalue weighted by Crippen LogP contribution is -2.23. The molecule has 0 bridgehead atoms. The largest absolute Gasteiger partial charge is 0.342 e. The zero-order chi connectivity index (χ0) is 10.7. The molecule has 2 aromatic rings. The van der Waals surface area contributed by atoms with Gasteiger partial charge in [0.1, 0.15) is 6.04 Å². The normalized spacial score (nSPS) is 12.3. The molecule has 15 heavy (non-hydrogen) atoms. The maximum absolute atomic E-state index is 11.7. The zero-order valence-corrected chi connectivity index (χ0v) is 8.34. The molecule has 2 rings (SSSR count). The number of hydrogen-bond acceptors (Lipinski definition) is 2. The average molecular weight is 204 g/mol. The number of carbonyl (C=O) groups is 1. The van der Waals surface area contributed by atoms with E-state index in [0.717, 1.165) is 0 Å². The van der Waals surface area contributed by atoms with Crippen molar-refractivity contribution in [2.24, 2.45) is 0 Å². The van der Waals surface area contributed by atoms with Crippen LogP contribution in [0.1, 0.15) is 13.0 Å². The summed E-state index contributed by atoms with van der Waals surface area (Å²) in [5.74, 6) is 0.375.